The van der Waals surface area contributed by atoms with E-state index in [1.54, 1.807) is 18.4 Å². The summed E-state index contributed by atoms with van der Waals surface area (Å²) >= 11 is 1.73. The lowest BCUT2D eigenvalue weighted by atomic mass is 9.93. The van der Waals surface area contributed by atoms with Gasteiger partial charge in [0, 0.05) is 16.1 Å². The van der Waals surface area contributed by atoms with E-state index in [9.17, 15) is 0 Å². The predicted molar refractivity (Wildman–Crippen MR) is 102 cm³/mol. The van der Waals surface area contributed by atoms with Crippen LogP contribution in [0.2, 0.25) is 0 Å². The number of aromatic nitrogens is 1. The molecule has 0 amide bonds. The number of ether oxygens (including phenoxy) is 2. The molecule has 1 aromatic heterocycles. The van der Waals surface area contributed by atoms with Gasteiger partial charge in [-0.25, -0.2) is 4.98 Å². The molecule has 1 N–H and O–H groups in total. The third-order valence-corrected chi connectivity index (χ3v) is 5.33. The second-order valence-electron chi connectivity index (χ2n) is 5.90. The molecule has 25 heavy (non-hydrogen) atoms. The number of thiazole rings is 1. The Morgan fingerprint density at radius 3 is 2.64 bits per heavy atom. The lowest BCUT2D eigenvalue weighted by Gasteiger charge is -2.15. The summed E-state index contributed by atoms with van der Waals surface area (Å²) in [6, 6.07) is 14.2. The fourth-order valence-electron chi connectivity index (χ4n) is 3.09. The highest BCUT2D eigenvalue weighted by atomic mass is 32.1. The summed E-state index contributed by atoms with van der Waals surface area (Å²) < 4.78 is 10.8. The minimum Gasteiger partial charge on any atom is -0.497 e. The average Bonchev–Trinajstić information content (AvgIpc) is 3.06. The van der Waals surface area contributed by atoms with Gasteiger partial charge in [0.1, 0.15) is 11.5 Å². The molecule has 0 saturated carbocycles. The van der Waals surface area contributed by atoms with Crippen LogP contribution in [-0.2, 0) is 12.8 Å². The Morgan fingerprint density at radius 1 is 1.08 bits per heavy atom. The van der Waals surface area contributed by atoms with Crippen molar-refractivity contribution in [2.75, 3.05) is 19.0 Å². The van der Waals surface area contributed by atoms with E-state index in [1.165, 1.54) is 16.0 Å². The summed E-state index contributed by atoms with van der Waals surface area (Å²) in [4.78, 5) is 6.18. The van der Waals surface area contributed by atoms with E-state index in [0.717, 1.165) is 40.9 Å². The van der Waals surface area contributed by atoms with Gasteiger partial charge >= 0.3 is 0 Å². The van der Waals surface area contributed by atoms with Crippen molar-refractivity contribution in [1.29, 1.82) is 0 Å². The lowest BCUT2D eigenvalue weighted by molar-refractivity contribution is 0.340. The van der Waals surface area contributed by atoms with Crippen molar-refractivity contribution in [3.63, 3.8) is 0 Å². The van der Waals surface area contributed by atoms with Gasteiger partial charge in [-0.1, -0.05) is 0 Å². The smallest absolute Gasteiger partial charge is 0.187 e. The van der Waals surface area contributed by atoms with Gasteiger partial charge in [0.25, 0.3) is 0 Å². The summed E-state index contributed by atoms with van der Waals surface area (Å²) in [6.07, 6.45) is 2.06. The highest BCUT2D eigenvalue weighted by molar-refractivity contribution is 7.16. The second kappa shape index (κ2) is 6.76. The molecular weight excluding hydrogens is 332 g/mol. The summed E-state index contributed by atoms with van der Waals surface area (Å²) in [5.41, 5.74) is 4.65. The average molecular weight is 352 g/mol. The molecule has 4 nitrogen and oxygen atoms in total. The van der Waals surface area contributed by atoms with Crippen LogP contribution in [0.5, 0.6) is 11.5 Å². The van der Waals surface area contributed by atoms with E-state index in [2.05, 4.69) is 17.4 Å². The van der Waals surface area contributed by atoms with Gasteiger partial charge in [0.15, 0.2) is 5.13 Å². The topological polar surface area (TPSA) is 43.4 Å². The number of hydrogen-bond acceptors (Lipinski definition) is 5. The van der Waals surface area contributed by atoms with E-state index in [1.807, 2.05) is 37.3 Å². The van der Waals surface area contributed by atoms with E-state index in [4.69, 9.17) is 14.5 Å². The third-order valence-electron chi connectivity index (χ3n) is 4.30. The molecule has 1 aliphatic carbocycles. The van der Waals surface area contributed by atoms with Crippen molar-refractivity contribution in [2.45, 2.75) is 19.8 Å². The van der Waals surface area contributed by atoms with Crippen LogP contribution >= 0.6 is 11.3 Å². The van der Waals surface area contributed by atoms with Gasteiger partial charge in [-0.3, -0.25) is 0 Å². The first-order valence-corrected chi connectivity index (χ1v) is 9.25. The summed E-state index contributed by atoms with van der Waals surface area (Å²) in [7, 11) is 1.71. The maximum atomic E-state index is 5.48. The molecular formula is C20H20N2O2S. The van der Waals surface area contributed by atoms with Crippen LogP contribution in [-0.4, -0.2) is 18.7 Å². The number of anilines is 2. The van der Waals surface area contributed by atoms with Gasteiger partial charge in [0.2, 0.25) is 0 Å². The zero-order valence-electron chi connectivity index (χ0n) is 14.3. The van der Waals surface area contributed by atoms with Crippen LogP contribution in [0.4, 0.5) is 10.8 Å². The number of benzene rings is 2. The van der Waals surface area contributed by atoms with E-state index >= 15 is 0 Å². The minimum absolute atomic E-state index is 0.677. The predicted octanol–water partition coefficient (Wildman–Crippen LogP) is 5.06. The van der Waals surface area contributed by atoms with Gasteiger partial charge in [0.05, 0.1) is 19.4 Å². The molecule has 3 aromatic rings. The van der Waals surface area contributed by atoms with Crippen molar-refractivity contribution in [1.82, 2.24) is 4.98 Å². The Balaban J connectivity index is 1.58. The molecule has 0 spiro atoms. The maximum absolute atomic E-state index is 5.48. The van der Waals surface area contributed by atoms with Crippen molar-refractivity contribution < 1.29 is 9.47 Å². The first-order chi connectivity index (χ1) is 12.3. The normalized spacial score (nSPS) is 12.2. The quantitative estimate of drug-likeness (QED) is 0.697. The number of aryl methyl sites for hydroxylation is 2. The molecule has 1 aliphatic rings. The van der Waals surface area contributed by atoms with Gasteiger partial charge < -0.3 is 14.8 Å². The third kappa shape index (κ3) is 3.20. The Kier molecular flexibility index (Phi) is 4.32. The Labute approximate surface area is 151 Å². The summed E-state index contributed by atoms with van der Waals surface area (Å²) in [5, 5.41) is 4.34. The van der Waals surface area contributed by atoms with Crippen LogP contribution in [0.25, 0.3) is 11.3 Å². The number of hydrogen-bond donors (Lipinski definition) is 1. The Morgan fingerprint density at radius 2 is 1.88 bits per heavy atom. The van der Waals surface area contributed by atoms with Crippen LogP contribution in [0.15, 0.2) is 42.5 Å². The highest BCUT2D eigenvalue weighted by Gasteiger charge is 2.21. The monoisotopic (exact) mass is 352 g/mol. The maximum Gasteiger partial charge on any atom is 0.187 e. The molecule has 0 unspecified atom stereocenters. The molecule has 2 aromatic carbocycles. The Hall–Kier alpha value is -2.53. The van der Waals surface area contributed by atoms with Gasteiger partial charge in [-0.05, 0) is 67.8 Å². The molecule has 0 atom stereocenters. The van der Waals surface area contributed by atoms with Crippen LogP contribution in [0.3, 0.4) is 0 Å². The van der Waals surface area contributed by atoms with Crippen LogP contribution in [0, 0.1) is 0 Å². The lowest BCUT2D eigenvalue weighted by Crippen LogP contribution is -2.02. The van der Waals surface area contributed by atoms with Gasteiger partial charge in [-0.2, -0.15) is 0 Å². The highest BCUT2D eigenvalue weighted by Crippen LogP contribution is 2.40. The van der Waals surface area contributed by atoms with E-state index in [-0.39, 0.29) is 0 Å². The largest absolute Gasteiger partial charge is 0.497 e. The van der Waals surface area contributed by atoms with Crippen molar-refractivity contribution >= 4 is 22.2 Å². The molecule has 128 valence electrons. The Bertz CT molecular complexity index is 887. The van der Waals surface area contributed by atoms with E-state index < -0.39 is 0 Å². The number of methoxy groups -OCH3 is 1. The number of rotatable bonds is 5. The first kappa shape index (κ1) is 16.0. The fraction of sp³-hybridized carbons (Fsp3) is 0.250. The SMILES string of the molecule is CCOc1ccc(Nc2nc3c(s2)CCc2cc(OC)ccc2-3)cc1. The number of nitrogens with one attached hydrogen (secondary N) is 1. The van der Waals surface area contributed by atoms with Crippen LogP contribution in [0.1, 0.15) is 17.4 Å². The standard InChI is InChI=1S/C20H20N2O2S/c1-3-24-15-7-5-14(6-8-15)21-20-22-19-17-10-9-16(23-2)12-13(17)4-11-18(19)25-20/h5-10,12H,3-4,11H2,1-2H3,(H,21,22). The zero-order chi connectivity index (χ0) is 17.2. The fourth-order valence-corrected chi connectivity index (χ4v) is 4.09. The molecule has 1 heterocycles. The molecule has 5 heteroatoms. The van der Waals surface area contributed by atoms with Crippen molar-refractivity contribution in [3.8, 4) is 22.8 Å². The van der Waals surface area contributed by atoms with E-state index in [0.29, 0.717) is 6.61 Å². The second-order valence-corrected chi connectivity index (χ2v) is 6.98. The minimum atomic E-state index is 0.677. The van der Waals surface area contributed by atoms with Crippen LogP contribution < -0.4 is 14.8 Å². The zero-order valence-corrected chi connectivity index (χ0v) is 15.2. The molecule has 0 aliphatic heterocycles. The van der Waals surface area contributed by atoms with Gasteiger partial charge in [-0.15, -0.1) is 11.3 Å². The number of fused-ring (bicyclic) bond motifs is 3. The summed E-state index contributed by atoms with van der Waals surface area (Å²) in [6.45, 7) is 2.66. The summed E-state index contributed by atoms with van der Waals surface area (Å²) in [5.74, 6) is 1.79. The molecule has 0 fully saturated rings. The molecule has 0 radical (unpaired) electrons. The van der Waals surface area contributed by atoms with Crippen molar-refractivity contribution in [2.24, 2.45) is 0 Å². The molecule has 0 saturated heterocycles. The van der Waals surface area contributed by atoms with Crippen molar-refractivity contribution in [3.05, 3.63) is 52.9 Å². The molecule has 4 rings (SSSR count). The first-order valence-electron chi connectivity index (χ1n) is 8.43. The molecule has 0 bridgehead atoms. The number of nitrogens with zero attached hydrogens (tertiary/aromatic N) is 1.